The third-order valence-corrected chi connectivity index (χ3v) is 2.83. The number of methoxy groups -OCH3 is 1. The van der Waals surface area contributed by atoms with Gasteiger partial charge in [0.2, 0.25) is 0 Å². The first-order chi connectivity index (χ1) is 7.65. The molecule has 0 heterocycles. The Morgan fingerprint density at radius 3 is 2.50 bits per heavy atom. The van der Waals surface area contributed by atoms with Gasteiger partial charge in [-0.05, 0) is 18.1 Å². The first-order valence-corrected chi connectivity index (χ1v) is 5.06. The van der Waals surface area contributed by atoms with E-state index in [2.05, 4.69) is 4.74 Å². The molecule has 16 heavy (non-hydrogen) atoms. The lowest BCUT2D eigenvalue weighted by Gasteiger charge is -2.04. The molecule has 0 bridgehead atoms. The van der Waals surface area contributed by atoms with Gasteiger partial charge in [-0.1, -0.05) is 24.3 Å². The minimum absolute atomic E-state index is 0.0638. The lowest BCUT2D eigenvalue weighted by Crippen LogP contribution is -2.03. The standard InChI is InChI=1S/C13H12O3/c1-8(13(15)16-2)11-7-12(14)10-6-4-3-5-9(10)11/h3-6H,7H2,1-2H3/b11-8+. The van der Waals surface area contributed by atoms with E-state index < -0.39 is 0 Å². The molecule has 0 saturated carbocycles. The molecule has 1 aromatic rings. The summed E-state index contributed by atoms with van der Waals surface area (Å²) >= 11 is 0. The quantitative estimate of drug-likeness (QED) is 0.534. The second-order valence-electron chi connectivity index (χ2n) is 3.74. The molecule has 0 saturated heterocycles. The van der Waals surface area contributed by atoms with Crippen molar-refractivity contribution in [2.75, 3.05) is 7.11 Å². The average Bonchev–Trinajstić information content (AvgIpc) is 2.65. The van der Waals surface area contributed by atoms with Crippen molar-refractivity contribution >= 4 is 17.3 Å². The molecule has 0 fully saturated rings. The molecule has 0 amide bonds. The molecule has 2 rings (SSSR count). The summed E-state index contributed by atoms with van der Waals surface area (Å²) in [5, 5.41) is 0. The maximum Gasteiger partial charge on any atom is 0.333 e. The fourth-order valence-electron chi connectivity index (χ4n) is 1.95. The minimum Gasteiger partial charge on any atom is -0.466 e. The smallest absolute Gasteiger partial charge is 0.333 e. The molecular formula is C13H12O3. The molecule has 0 unspecified atom stereocenters. The summed E-state index contributed by atoms with van der Waals surface area (Å²) in [5.41, 5.74) is 2.85. The summed E-state index contributed by atoms with van der Waals surface area (Å²) in [7, 11) is 1.34. The van der Waals surface area contributed by atoms with E-state index in [1.165, 1.54) is 7.11 Å². The summed E-state index contributed by atoms with van der Waals surface area (Å²) in [6, 6.07) is 7.34. The predicted octanol–water partition coefficient (Wildman–Crippen LogP) is 2.22. The molecule has 0 N–H and O–H groups in total. The summed E-state index contributed by atoms with van der Waals surface area (Å²) < 4.78 is 4.67. The average molecular weight is 216 g/mol. The van der Waals surface area contributed by atoms with Gasteiger partial charge in [-0.3, -0.25) is 4.79 Å². The topological polar surface area (TPSA) is 43.4 Å². The lowest BCUT2D eigenvalue weighted by molar-refractivity contribution is -0.135. The van der Waals surface area contributed by atoms with Crippen molar-refractivity contribution < 1.29 is 14.3 Å². The second-order valence-corrected chi connectivity index (χ2v) is 3.74. The van der Waals surface area contributed by atoms with Crippen LogP contribution < -0.4 is 0 Å². The molecule has 82 valence electrons. The van der Waals surface area contributed by atoms with Gasteiger partial charge >= 0.3 is 5.97 Å². The normalized spacial score (nSPS) is 17.0. The zero-order valence-electron chi connectivity index (χ0n) is 9.24. The highest BCUT2D eigenvalue weighted by atomic mass is 16.5. The highest BCUT2D eigenvalue weighted by Gasteiger charge is 2.26. The third-order valence-electron chi connectivity index (χ3n) is 2.83. The highest BCUT2D eigenvalue weighted by molar-refractivity contribution is 6.15. The predicted molar refractivity (Wildman–Crippen MR) is 60.0 cm³/mol. The molecule has 1 aliphatic carbocycles. The van der Waals surface area contributed by atoms with Gasteiger partial charge in [0, 0.05) is 17.6 Å². The number of carbonyl (C=O) groups is 2. The van der Waals surface area contributed by atoms with Crippen molar-refractivity contribution in [2.24, 2.45) is 0 Å². The van der Waals surface area contributed by atoms with Crippen LogP contribution in [0.25, 0.3) is 5.57 Å². The van der Waals surface area contributed by atoms with Crippen molar-refractivity contribution in [3.05, 3.63) is 41.0 Å². The van der Waals surface area contributed by atoms with Crippen molar-refractivity contribution in [3.8, 4) is 0 Å². The van der Waals surface area contributed by atoms with Crippen molar-refractivity contribution in [2.45, 2.75) is 13.3 Å². The van der Waals surface area contributed by atoms with Crippen LogP contribution in [0.2, 0.25) is 0 Å². The van der Waals surface area contributed by atoms with Gasteiger partial charge < -0.3 is 4.74 Å². The number of esters is 1. The number of hydrogen-bond acceptors (Lipinski definition) is 3. The number of benzene rings is 1. The number of hydrogen-bond donors (Lipinski definition) is 0. The molecule has 0 atom stereocenters. The number of ether oxygens (including phenoxy) is 1. The van der Waals surface area contributed by atoms with Gasteiger partial charge in [-0.15, -0.1) is 0 Å². The monoisotopic (exact) mass is 216 g/mol. The second kappa shape index (κ2) is 3.93. The summed E-state index contributed by atoms with van der Waals surface area (Å²) in [5.74, 6) is -0.312. The van der Waals surface area contributed by atoms with Gasteiger partial charge in [0.05, 0.1) is 7.11 Å². The Kier molecular flexibility index (Phi) is 2.60. The van der Waals surface area contributed by atoms with E-state index >= 15 is 0 Å². The van der Waals surface area contributed by atoms with Crippen LogP contribution in [0, 0.1) is 0 Å². The first kappa shape index (κ1) is 10.6. The lowest BCUT2D eigenvalue weighted by atomic mass is 10.0. The highest BCUT2D eigenvalue weighted by Crippen LogP contribution is 2.34. The van der Waals surface area contributed by atoms with Crippen LogP contribution in [0.1, 0.15) is 29.3 Å². The number of allylic oxidation sites excluding steroid dienone is 1. The SMILES string of the molecule is COC(=O)/C(C)=C1\CC(=O)c2ccccc21. The van der Waals surface area contributed by atoms with Crippen molar-refractivity contribution in [1.29, 1.82) is 0 Å². The van der Waals surface area contributed by atoms with Gasteiger partial charge in [0.25, 0.3) is 0 Å². The Bertz CT molecular complexity index is 498. The number of Topliss-reactive ketones (excluding diaryl/α,β-unsaturated/α-hetero) is 1. The first-order valence-electron chi connectivity index (χ1n) is 5.06. The summed E-state index contributed by atoms with van der Waals surface area (Å²) in [6.45, 7) is 1.69. The summed E-state index contributed by atoms with van der Waals surface area (Å²) in [6.07, 6.45) is 0.292. The van der Waals surface area contributed by atoms with E-state index in [0.717, 1.165) is 11.1 Å². The molecule has 0 aromatic heterocycles. The number of ketones is 1. The van der Waals surface area contributed by atoms with Crippen LogP contribution >= 0.6 is 0 Å². The van der Waals surface area contributed by atoms with Crippen LogP contribution in [0.15, 0.2) is 29.8 Å². The minimum atomic E-state index is -0.375. The summed E-state index contributed by atoms with van der Waals surface area (Å²) in [4.78, 5) is 23.1. The zero-order valence-corrected chi connectivity index (χ0v) is 9.24. The Morgan fingerprint density at radius 2 is 1.88 bits per heavy atom. The molecule has 3 nitrogen and oxygen atoms in total. The Labute approximate surface area is 93.7 Å². The van der Waals surface area contributed by atoms with Crippen molar-refractivity contribution in [3.63, 3.8) is 0 Å². The third kappa shape index (κ3) is 1.54. The molecular weight excluding hydrogens is 204 g/mol. The van der Waals surface area contributed by atoms with E-state index in [1.807, 2.05) is 18.2 Å². The van der Waals surface area contributed by atoms with Crippen LogP contribution in [0.4, 0.5) is 0 Å². The molecule has 1 aliphatic rings. The van der Waals surface area contributed by atoms with E-state index in [9.17, 15) is 9.59 Å². The van der Waals surface area contributed by atoms with Gasteiger partial charge in [-0.2, -0.15) is 0 Å². The molecule has 1 aromatic carbocycles. The Hall–Kier alpha value is -1.90. The van der Waals surface area contributed by atoms with Crippen LogP contribution in [-0.2, 0) is 9.53 Å². The largest absolute Gasteiger partial charge is 0.466 e. The maximum absolute atomic E-state index is 11.7. The van der Waals surface area contributed by atoms with E-state index in [0.29, 0.717) is 17.6 Å². The molecule has 0 aliphatic heterocycles. The van der Waals surface area contributed by atoms with E-state index in [-0.39, 0.29) is 11.8 Å². The fraction of sp³-hybridized carbons (Fsp3) is 0.231. The Balaban J connectivity index is 2.56. The number of fused-ring (bicyclic) bond motifs is 1. The Morgan fingerprint density at radius 1 is 1.25 bits per heavy atom. The molecule has 0 spiro atoms. The van der Waals surface area contributed by atoms with Gasteiger partial charge in [0.1, 0.15) is 0 Å². The van der Waals surface area contributed by atoms with E-state index in [1.54, 1.807) is 13.0 Å². The van der Waals surface area contributed by atoms with Crippen LogP contribution in [0.5, 0.6) is 0 Å². The number of rotatable bonds is 1. The molecule has 0 radical (unpaired) electrons. The van der Waals surface area contributed by atoms with Gasteiger partial charge in [-0.25, -0.2) is 4.79 Å². The van der Waals surface area contributed by atoms with Crippen molar-refractivity contribution in [1.82, 2.24) is 0 Å². The molecule has 3 heteroatoms. The van der Waals surface area contributed by atoms with E-state index in [4.69, 9.17) is 0 Å². The van der Waals surface area contributed by atoms with Gasteiger partial charge in [0.15, 0.2) is 5.78 Å². The van der Waals surface area contributed by atoms with Crippen LogP contribution in [-0.4, -0.2) is 18.9 Å². The zero-order chi connectivity index (χ0) is 11.7. The van der Waals surface area contributed by atoms with Crippen LogP contribution in [0.3, 0.4) is 0 Å². The maximum atomic E-state index is 11.7. The number of carbonyl (C=O) groups excluding carboxylic acids is 2. The fourth-order valence-corrected chi connectivity index (χ4v) is 1.95.